The van der Waals surface area contributed by atoms with Crippen LogP contribution in [-0.2, 0) is 17.9 Å². The minimum absolute atomic E-state index is 0.246. The predicted octanol–water partition coefficient (Wildman–Crippen LogP) is 0.857. The molecule has 0 spiro atoms. The normalized spacial score (nSPS) is 24.3. The lowest BCUT2D eigenvalue weighted by atomic mass is 9.85. The van der Waals surface area contributed by atoms with Crippen LogP contribution in [-0.4, -0.2) is 35.0 Å². The maximum absolute atomic E-state index is 9.32. The van der Waals surface area contributed by atoms with Crippen molar-refractivity contribution < 1.29 is 14.4 Å². The van der Waals surface area contributed by atoms with Gasteiger partial charge in [0.05, 0.1) is 6.54 Å². The van der Waals surface area contributed by atoms with E-state index in [0.29, 0.717) is 36.8 Å². The monoisotopic (exact) mass is 255 g/mol. The van der Waals surface area contributed by atoms with Crippen LogP contribution >= 0.6 is 0 Å². The zero-order chi connectivity index (χ0) is 12.8. The van der Waals surface area contributed by atoms with Crippen molar-refractivity contribution in [2.75, 3.05) is 13.7 Å². The zero-order valence-electron chi connectivity index (χ0n) is 10.8. The van der Waals surface area contributed by atoms with E-state index in [1.807, 2.05) is 0 Å². The minimum atomic E-state index is 0.246. The second-order valence-corrected chi connectivity index (χ2v) is 4.75. The summed E-state index contributed by atoms with van der Waals surface area (Å²) < 4.78 is 10.0. The van der Waals surface area contributed by atoms with Gasteiger partial charge in [0.25, 0.3) is 0 Å². The Morgan fingerprint density at radius 2 is 2.28 bits per heavy atom. The first-order valence-electron chi connectivity index (χ1n) is 6.48. The summed E-state index contributed by atoms with van der Waals surface area (Å²) in [4.78, 5) is 4.21. The van der Waals surface area contributed by atoms with Crippen LogP contribution in [0.4, 0.5) is 0 Å². The Balaban J connectivity index is 1.81. The van der Waals surface area contributed by atoms with E-state index in [-0.39, 0.29) is 6.61 Å². The van der Waals surface area contributed by atoms with Crippen LogP contribution in [0.3, 0.4) is 0 Å². The largest absolute Gasteiger partial charge is 0.396 e. The SMILES string of the molecule is COCc1noc(CNC2CCCCC2CO)n1. The fraction of sp³-hybridized carbons (Fsp3) is 0.833. The minimum Gasteiger partial charge on any atom is -0.396 e. The highest BCUT2D eigenvalue weighted by atomic mass is 16.5. The van der Waals surface area contributed by atoms with Crippen LogP contribution in [0.1, 0.15) is 37.4 Å². The molecule has 0 amide bonds. The number of hydrogen-bond donors (Lipinski definition) is 2. The van der Waals surface area contributed by atoms with Gasteiger partial charge in [-0.05, 0) is 18.8 Å². The molecule has 0 saturated heterocycles. The smallest absolute Gasteiger partial charge is 0.240 e. The third-order valence-electron chi connectivity index (χ3n) is 3.44. The average molecular weight is 255 g/mol. The van der Waals surface area contributed by atoms with Crippen molar-refractivity contribution in [3.05, 3.63) is 11.7 Å². The predicted molar refractivity (Wildman–Crippen MR) is 64.7 cm³/mol. The second kappa shape index (κ2) is 6.82. The number of aliphatic hydroxyl groups excluding tert-OH is 1. The Morgan fingerprint density at radius 1 is 1.44 bits per heavy atom. The third-order valence-corrected chi connectivity index (χ3v) is 3.44. The molecule has 6 heteroatoms. The Bertz CT molecular complexity index is 356. The fourth-order valence-electron chi connectivity index (χ4n) is 2.46. The second-order valence-electron chi connectivity index (χ2n) is 4.75. The molecule has 2 rings (SSSR count). The number of rotatable bonds is 6. The number of aromatic nitrogens is 2. The van der Waals surface area contributed by atoms with E-state index in [1.54, 1.807) is 7.11 Å². The lowest BCUT2D eigenvalue weighted by Crippen LogP contribution is -2.39. The van der Waals surface area contributed by atoms with E-state index in [1.165, 1.54) is 12.8 Å². The quantitative estimate of drug-likeness (QED) is 0.784. The third kappa shape index (κ3) is 3.51. The molecule has 2 unspecified atom stereocenters. The highest BCUT2D eigenvalue weighted by molar-refractivity contribution is 4.87. The van der Waals surface area contributed by atoms with Crippen LogP contribution in [0.15, 0.2) is 4.52 Å². The number of hydrogen-bond acceptors (Lipinski definition) is 6. The van der Waals surface area contributed by atoms with E-state index in [4.69, 9.17) is 9.26 Å². The van der Waals surface area contributed by atoms with Gasteiger partial charge in [0.1, 0.15) is 6.61 Å². The van der Waals surface area contributed by atoms with Gasteiger partial charge in [-0.3, -0.25) is 0 Å². The summed E-state index contributed by atoms with van der Waals surface area (Å²) >= 11 is 0. The molecule has 0 aromatic carbocycles. The zero-order valence-corrected chi connectivity index (χ0v) is 10.8. The van der Waals surface area contributed by atoms with Crippen LogP contribution in [0.2, 0.25) is 0 Å². The summed E-state index contributed by atoms with van der Waals surface area (Å²) in [6.45, 7) is 1.17. The maximum Gasteiger partial charge on any atom is 0.240 e. The first-order valence-corrected chi connectivity index (χ1v) is 6.48. The first kappa shape index (κ1) is 13.5. The molecule has 1 aliphatic rings. The maximum atomic E-state index is 9.32. The van der Waals surface area contributed by atoms with Gasteiger partial charge >= 0.3 is 0 Å². The van der Waals surface area contributed by atoms with Crippen LogP contribution in [0, 0.1) is 5.92 Å². The molecule has 1 heterocycles. The van der Waals surface area contributed by atoms with Crippen molar-refractivity contribution in [3.8, 4) is 0 Å². The molecule has 1 aromatic rings. The number of nitrogens with zero attached hydrogens (tertiary/aromatic N) is 2. The summed E-state index contributed by atoms with van der Waals surface area (Å²) in [5.74, 6) is 1.49. The molecule has 2 N–H and O–H groups in total. The highest BCUT2D eigenvalue weighted by Gasteiger charge is 2.24. The molecule has 6 nitrogen and oxygen atoms in total. The number of ether oxygens (including phenoxy) is 1. The summed E-state index contributed by atoms with van der Waals surface area (Å²) in [5, 5.41) is 16.5. The molecule has 0 aliphatic heterocycles. The van der Waals surface area contributed by atoms with E-state index in [9.17, 15) is 5.11 Å². The molecule has 2 atom stereocenters. The summed E-state index contributed by atoms with van der Waals surface area (Å²) in [6, 6.07) is 0.349. The molecule has 18 heavy (non-hydrogen) atoms. The molecule has 1 aliphatic carbocycles. The standard InChI is InChI=1S/C12H21N3O3/c1-17-8-11-14-12(18-15-11)6-13-10-5-3-2-4-9(10)7-16/h9-10,13,16H,2-8H2,1H3. The van der Waals surface area contributed by atoms with Crippen molar-refractivity contribution in [1.82, 2.24) is 15.5 Å². The van der Waals surface area contributed by atoms with Gasteiger partial charge in [-0.2, -0.15) is 4.98 Å². The average Bonchev–Trinajstić information content (AvgIpc) is 2.85. The van der Waals surface area contributed by atoms with E-state index in [0.717, 1.165) is 12.8 Å². The lowest BCUT2D eigenvalue weighted by molar-refractivity contribution is 0.150. The van der Waals surface area contributed by atoms with Crippen molar-refractivity contribution in [1.29, 1.82) is 0 Å². The topological polar surface area (TPSA) is 80.4 Å². The molecular weight excluding hydrogens is 234 g/mol. The summed E-state index contributed by atoms with van der Waals surface area (Å²) in [5.41, 5.74) is 0. The van der Waals surface area contributed by atoms with Crippen molar-refractivity contribution >= 4 is 0 Å². The summed E-state index contributed by atoms with van der Waals surface area (Å²) in [6.07, 6.45) is 4.62. The van der Waals surface area contributed by atoms with Gasteiger partial charge < -0.3 is 19.7 Å². The first-order chi connectivity index (χ1) is 8.83. The molecule has 0 radical (unpaired) electrons. The van der Waals surface area contributed by atoms with Gasteiger partial charge in [0.15, 0.2) is 5.82 Å². The highest BCUT2D eigenvalue weighted by Crippen LogP contribution is 2.24. The fourth-order valence-corrected chi connectivity index (χ4v) is 2.46. The number of nitrogens with one attached hydrogen (secondary N) is 1. The Morgan fingerprint density at radius 3 is 3.06 bits per heavy atom. The van der Waals surface area contributed by atoms with E-state index < -0.39 is 0 Å². The molecule has 1 saturated carbocycles. The molecule has 1 fully saturated rings. The van der Waals surface area contributed by atoms with Crippen molar-refractivity contribution in [3.63, 3.8) is 0 Å². The van der Waals surface area contributed by atoms with Crippen molar-refractivity contribution in [2.24, 2.45) is 5.92 Å². The van der Waals surface area contributed by atoms with E-state index >= 15 is 0 Å². The van der Waals surface area contributed by atoms with Gasteiger partial charge in [-0.1, -0.05) is 18.0 Å². The Labute approximate surface area is 107 Å². The van der Waals surface area contributed by atoms with Crippen molar-refractivity contribution in [2.45, 2.75) is 44.9 Å². The van der Waals surface area contributed by atoms with E-state index in [2.05, 4.69) is 15.5 Å². The van der Waals surface area contributed by atoms with Gasteiger partial charge in [-0.15, -0.1) is 0 Å². The molecular formula is C12H21N3O3. The van der Waals surface area contributed by atoms with Gasteiger partial charge in [-0.25, -0.2) is 0 Å². The van der Waals surface area contributed by atoms with Gasteiger partial charge in [0.2, 0.25) is 5.89 Å². The molecule has 102 valence electrons. The molecule has 1 aromatic heterocycles. The van der Waals surface area contributed by atoms with Gasteiger partial charge in [0, 0.05) is 19.8 Å². The lowest BCUT2D eigenvalue weighted by Gasteiger charge is -2.30. The van der Waals surface area contributed by atoms with Crippen LogP contribution in [0.5, 0.6) is 0 Å². The molecule has 0 bridgehead atoms. The Hall–Kier alpha value is -0.980. The van der Waals surface area contributed by atoms with Crippen LogP contribution in [0.25, 0.3) is 0 Å². The number of methoxy groups -OCH3 is 1. The number of aliphatic hydroxyl groups is 1. The summed E-state index contributed by atoms with van der Waals surface area (Å²) in [7, 11) is 1.60. The Kier molecular flexibility index (Phi) is 5.10. The van der Waals surface area contributed by atoms with Crippen LogP contribution < -0.4 is 5.32 Å².